The molecule has 3 heteroatoms. The van der Waals surface area contributed by atoms with Gasteiger partial charge in [-0.3, -0.25) is 0 Å². The molecule has 0 N–H and O–H groups in total. The molecule has 0 radical (unpaired) electrons. The summed E-state index contributed by atoms with van der Waals surface area (Å²) in [4.78, 5) is 2.30. The summed E-state index contributed by atoms with van der Waals surface area (Å²) in [5, 5.41) is 6.76. The Morgan fingerprint density at radius 1 is 0.327 bits per heavy atom. The smallest absolute Gasteiger partial charge is 0.159 e. The molecular weight excluding hydrogens is 599 g/mol. The first-order valence-corrected chi connectivity index (χ1v) is 16.6. The van der Waals surface area contributed by atoms with Crippen LogP contribution in [0, 0.1) is 0 Å². The zero-order chi connectivity index (χ0) is 32.3. The van der Waals surface area contributed by atoms with Gasteiger partial charge in [0.1, 0.15) is 16.7 Å². The Bertz CT molecular complexity index is 2810. The SMILES string of the molecule is c1ccc(-c2ccc(N(c3ccc(-c4ccc5oc6ccccc6c5c4)cc3)c3cccc4c3oc3c5ccccc5ccc43)cc2)cc1. The molecule has 2 aromatic heterocycles. The van der Waals surface area contributed by atoms with Gasteiger partial charge in [0, 0.05) is 38.3 Å². The van der Waals surface area contributed by atoms with E-state index in [-0.39, 0.29) is 0 Å². The quantitative estimate of drug-likeness (QED) is 0.190. The van der Waals surface area contributed by atoms with E-state index < -0.39 is 0 Å². The molecule has 0 atom stereocenters. The van der Waals surface area contributed by atoms with Crippen LogP contribution in [0.25, 0.3) is 76.9 Å². The van der Waals surface area contributed by atoms with Crippen molar-refractivity contribution in [1.82, 2.24) is 0 Å². The van der Waals surface area contributed by atoms with Crippen LogP contribution >= 0.6 is 0 Å². The Balaban J connectivity index is 1.13. The Labute approximate surface area is 282 Å². The van der Waals surface area contributed by atoms with Crippen molar-refractivity contribution in [3.8, 4) is 22.3 Å². The van der Waals surface area contributed by atoms with Crippen LogP contribution in [0.4, 0.5) is 17.1 Å². The first-order valence-electron chi connectivity index (χ1n) is 16.6. The van der Waals surface area contributed by atoms with Gasteiger partial charge in [-0.1, -0.05) is 121 Å². The highest BCUT2D eigenvalue weighted by Crippen LogP contribution is 2.44. The largest absolute Gasteiger partial charge is 0.456 e. The normalized spacial score (nSPS) is 11.7. The molecule has 0 amide bonds. The fourth-order valence-electron chi connectivity index (χ4n) is 7.26. The minimum atomic E-state index is 0.863. The highest BCUT2D eigenvalue weighted by atomic mass is 16.3. The monoisotopic (exact) mass is 627 g/mol. The molecule has 0 aliphatic rings. The van der Waals surface area contributed by atoms with Crippen LogP contribution in [0.15, 0.2) is 185 Å². The average molecular weight is 628 g/mol. The summed E-state index contributed by atoms with van der Waals surface area (Å²) >= 11 is 0. The van der Waals surface area contributed by atoms with Crippen molar-refractivity contribution in [2.75, 3.05) is 4.90 Å². The molecule has 0 aliphatic heterocycles. The van der Waals surface area contributed by atoms with Crippen molar-refractivity contribution in [3.63, 3.8) is 0 Å². The molecule has 230 valence electrons. The van der Waals surface area contributed by atoms with E-state index in [1.165, 1.54) is 16.5 Å². The van der Waals surface area contributed by atoms with Crippen molar-refractivity contribution in [1.29, 1.82) is 0 Å². The van der Waals surface area contributed by atoms with Gasteiger partial charge < -0.3 is 13.7 Å². The predicted molar refractivity (Wildman–Crippen MR) is 204 cm³/mol. The maximum Gasteiger partial charge on any atom is 0.159 e. The van der Waals surface area contributed by atoms with Gasteiger partial charge in [-0.25, -0.2) is 0 Å². The molecule has 10 aromatic rings. The third-order valence-electron chi connectivity index (χ3n) is 9.68. The zero-order valence-corrected chi connectivity index (χ0v) is 26.5. The van der Waals surface area contributed by atoms with Gasteiger partial charge in [0.25, 0.3) is 0 Å². The van der Waals surface area contributed by atoms with E-state index in [4.69, 9.17) is 8.83 Å². The topological polar surface area (TPSA) is 29.5 Å². The number of hydrogen-bond donors (Lipinski definition) is 0. The maximum atomic E-state index is 6.82. The van der Waals surface area contributed by atoms with E-state index in [0.717, 1.165) is 77.5 Å². The number of furan rings is 2. The van der Waals surface area contributed by atoms with Gasteiger partial charge in [-0.15, -0.1) is 0 Å². The Morgan fingerprint density at radius 3 is 1.71 bits per heavy atom. The summed E-state index contributed by atoms with van der Waals surface area (Å²) in [6, 6.07) is 62.0. The first kappa shape index (κ1) is 27.5. The standard InChI is InChI=1S/C46H29NO2/c1-2-9-30(10-3-1)31-17-23-35(24-18-31)47(42-15-8-14-39-40-27-21-33-11-4-5-12-37(33)45(40)49-46(39)42)36-25-19-32(20-26-36)34-22-28-44-41(29-34)38-13-6-7-16-43(38)48-44/h1-29H. The second-order valence-electron chi connectivity index (χ2n) is 12.5. The molecule has 0 unspecified atom stereocenters. The van der Waals surface area contributed by atoms with Crippen LogP contribution in [0.3, 0.4) is 0 Å². The lowest BCUT2D eigenvalue weighted by atomic mass is 10.0. The highest BCUT2D eigenvalue weighted by Gasteiger charge is 2.20. The second-order valence-corrected chi connectivity index (χ2v) is 12.5. The molecular formula is C46H29NO2. The summed E-state index contributed by atoms with van der Waals surface area (Å²) in [7, 11) is 0. The summed E-state index contributed by atoms with van der Waals surface area (Å²) in [5.41, 5.74) is 11.3. The summed E-state index contributed by atoms with van der Waals surface area (Å²) in [6.45, 7) is 0. The molecule has 0 bridgehead atoms. The molecule has 2 heterocycles. The van der Waals surface area contributed by atoms with Crippen LogP contribution in [0.1, 0.15) is 0 Å². The number of hydrogen-bond acceptors (Lipinski definition) is 3. The van der Waals surface area contributed by atoms with Crippen molar-refractivity contribution >= 4 is 71.7 Å². The van der Waals surface area contributed by atoms with Crippen molar-refractivity contribution in [2.24, 2.45) is 0 Å². The van der Waals surface area contributed by atoms with Crippen LogP contribution in [-0.4, -0.2) is 0 Å². The summed E-state index contributed by atoms with van der Waals surface area (Å²) in [6.07, 6.45) is 0. The average Bonchev–Trinajstić information content (AvgIpc) is 3.75. The van der Waals surface area contributed by atoms with Crippen LogP contribution in [0.5, 0.6) is 0 Å². The van der Waals surface area contributed by atoms with Crippen molar-refractivity contribution in [2.45, 2.75) is 0 Å². The summed E-state index contributed by atoms with van der Waals surface area (Å²) in [5.74, 6) is 0. The van der Waals surface area contributed by atoms with E-state index in [0.29, 0.717) is 0 Å². The molecule has 0 saturated heterocycles. The third-order valence-corrected chi connectivity index (χ3v) is 9.68. The second kappa shape index (κ2) is 11.0. The first-order chi connectivity index (χ1) is 24.3. The summed E-state index contributed by atoms with van der Waals surface area (Å²) < 4.78 is 12.9. The maximum absolute atomic E-state index is 6.82. The minimum Gasteiger partial charge on any atom is -0.456 e. The van der Waals surface area contributed by atoms with E-state index in [1.807, 2.05) is 12.1 Å². The lowest BCUT2D eigenvalue weighted by molar-refractivity contribution is 0.669. The highest BCUT2D eigenvalue weighted by molar-refractivity contribution is 6.17. The molecule has 8 aromatic carbocycles. The minimum absolute atomic E-state index is 0.863. The number of fused-ring (bicyclic) bond motifs is 8. The molecule has 49 heavy (non-hydrogen) atoms. The van der Waals surface area contributed by atoms with E-state index in [1.54, 1.807) is 0 Å². The number of nitrogens with zero attached hydrogens (tertiary/aromatic N) is 1. The molecule has 0 aliphatic carbocycles. The third kappa shape index (κ3) is 4.51. The van der Waals surface area contributed by atoms with Crippen LogP contribution in [-0.2, 0) is 0 Å². The van der Waals surface area contributed by atoms with E-state index in [9.17, 15) is 0 Å². The van der Waals surface area contributed by atoms with Gasteiger partial charge in [0.15, 0.2) is 5.58 Å². The number of rotatable bonds is 5. The fourth-order valence-corrected chi connectivity index (χ4v) is 7.26. The van der Waals surface area contributed by atoms with Crippen LogP contribution < -0.4 is 4.90 Å². The van der Waals surface area contributed by atoms with Crippen molar-refractivity contribution in [3.05, 3.63) is 176 Å². The van der Waals surface area contributed by atoms with E-state index in [2.05, 4.69) is 169 Å². The van der Waals surface area contributed by atoms with E-state index >= 15 is 0 Å². The number of anilines is 3. The molecule has 0 fully saturated rings. The lowest BCUT2D eigenvalue weighted by Gasteiger charge is -2.26. The lowest BCUT2D eigenvalue weighted by Crippen LogP contribution is -2.10. The number of para-hydroxylation sites is 2. The number of benzene rings is 8. The zero-order valence-electron chi connectivity index (χ0n) is 26.5. The van der Waals surface area contributed by atoms with Crippen LogP contribution in [0.2, 0.25) is 0 Å². The Hall–Kier alpha value is -6.58. The predicted octanol–water partition coefficient (Wildman–Crippen LogP) is 13.4. The Morgan fingerprint density at radius 2 is 0.918 bits per heavy atom. The molecule has 0 spiro atoms. The fraction of sp³-hybridized carbons (Fsp3) is 0. The van der Waals surface area contributed by atoms with Gasteiger partial charge >= 0.3 is 0 Å². The van der Waals surface area contributed by atoms with Gasteiger partial charge in [0.2, 0.25) is 0 Å². The molecule has 10 rings (SSSR count). The van der Waals surface area contributed by atoms with Crippen molar-refractivity contribution < 1.29 is 8.83 Å². The molecule has 3 nitrogen and oxygen atoms in total. The van der Waals surface area contributed by atoms with Gasteiger partial charge in [0.05, 0.1) is 5.69 Å². The molecule has 0 saturated carbocycles. The van der Waals surface area contributed by atoms with Gasteiger partial charge in [-0.05, 0) is 82.2 Å². The Kier molecular flexibility index (Phi) is 6.18. The van der Waals surface area contributed by atoms with Gasteiger partial charge in [-0.2, -0.15) is 0 Å².